The first-order valence-corrected chi connectivity index (χ1v) is 3.52. The Kier molecular flexibility index (Phi) is 2.46. The van der Waals surface area contributed by atoms with Crippen LogP contribution in [0.3, 0.4) is 0 Å². The largest absolute Gasteiger partial charge is 0.389 e. The zero-order chi connectivity index (χ0) is 8.59. The van der Waals surface area contributed by atoms with Crippen LogP contribution >= 0.6 is 0 Å². The lowest BCUT2D eigenvalue weighted by molar-refractivity contribution is -0.154. The second kappa shape index (κ2) is 3.04. The van der Waals surface area contributed by atoms with E-state index in [9.17, 15) is 0 Å². The van der Waals surface area contributed by atoms with Crippen LogP contribution in [0.2, 0.25) is 0 Å². The molecule has 3 unspecified atom stereocenters. The van der Waals surface area contributed by atoms with Gasteiger partial charge in [-0.05, 0) is 6.92 Å². The van der Waals surface area contributed by atoms with Crippen molar-refractivity contribution in [3.05, 3.63) is 0 Å². The Morgan fingerprint density at radius 2 is 1.45 bits per heavy atom. The van der Waals surface area contributed by atoms with Crippen molar-refractivity contribution in [2.45, 2.75) is 37.5 Å². The molecule has 1 aliphatic heterocycles. The van der Waals surface area contributed by atoms with Gasteiger partial charge in [0.15, 0.2) is 0 Å². The molecule has 1 aliphatic rings. The molecule has 5 atom stereocenters. The smallest absolute Gasteiger partial charge is 0.134 e. The summed E-state index contributed by atoms with van der Waals surface area (Å²) in [4.78, 5) is 0. The summed E-state index contributed by atoms with van der Waals surface area (Å²) in [5.74, 6) is 0. The fraction of sp³-hybridized carbons (Fsp3) is 1.00. The van der Waals surface area contributed by atoms with E-state index >= 15 is 0 Å². The maximum atomic E-state index is 9.15. The molecule has 0 saturated carbocycles. The molecular weight excluding hydrogens is 150 g/mol. The number of aliphatic hydroxyl groups is 4. The van der Waals surface area contributed by atoms with Gasteiger partial charge < -0.3 is 20.4 Å². The lowest BCUT2D eigenvalue weighted by atomic mass is 9.96. The van der Waals surface area contributed by atoms with Crippen molar-refractivity contribution in [3.63, 3.8) is 0 Å². The van der Waals surface area contributed by atoms with Gasteiger partial charge in [-0.2, -0.15) is 0 Å². The summed E-state index contributed by atoms with van der Waals surface area (Å²) < 4.78 is 0. The minimum atomic E-state index is -1.32. The summed E-state index contributed by atoms with van der Waals surface area (Å²) in [6, 6.07) is -0.414. The van der Waals surface area contributed by atoms with Crippen molar-refractivity contribution in [1.82, 2.24) is 5.32 Å². The maximum Gasteiger partial charge on any atom is 0.134 e. The average molecular weight is 163 g/mol. The van der Waals surface area contributed by atoms with Gasteiger partial charge >= 0.3 is 0 Å². The first-order chi connectivity index (χ1) is 5.04. The highest BCUT2D eigenvalue weighted by Crippen LogP contribution is 2.13. The molecule has 0 aliphatic carbocycles. The van der Waals surface area contributed by atoms with Crippen LogP contribution in [0.15, 0.2) is 0 Å². The van der Waals surface area contributed by atoms with E-state index in [1.54, 1.807) is 6.92 Å². The molecule has 0 bridgehead atoms. The van der Waals surface area contributed by atoms with Gasteiger partial charge in [-0.15, -0.1) is 0 Å². The Morgan fingerprint density at radius 1 is 0.909 bits per heavy atom. The summed E-state index contributed by atoms with van der Waals surface area (Å²) in [5, 5.41) is 38.8. The van der Waals surface area contributed by atoms with Gasteiger partial charge in [0.1, 0.15) is 18.4 Å². The lowest BCUT2D eigenvalue weighted by Gasteiger charge is -2.37. The Balaban J connectivity index is 2.63. The van der Waals surface area contributed by atoms with Crippen LogP contribution in [0.5, 0.6) is 0 Å². The number of hydrogen-bond donors (Lipinski definition) is 5. The van der Waals surface area contributed by atoms with Crippen molar-refractivity contribution < 1.29 is 20.4 Å². The highest BCUT2D eigenvalue weighted by molar-refractivity contribution is 4.91. The average Bonchev–Trinajstić information content (AvgIpc) is 1.97. The third-order valence-corrected chi connectivity index (χ3v) is 1.97. The first kappa shape index (κ1) is 8.89. The van der Waals surface area contributed by atoms with E-state index in [1.165, 1.54) is 0 Å². The highest BCUT2D eigenvalue weighted by Gasteiger charge is 2.39. The van der Waals surface area contributed by atoms with Gasteiger partial charge in [-0.25, -0.2) is 0 Å². The molecule has 11 heavy (non-hydrogen) atoms. The Bertz CT molecular complexity index is 129. The molecule has 0 aromatic heterocycles. The predicted octanol–water partition coefficient (Wildman–Crippen LogP) is -2.62. The third-order valence-electron chi connectivity index (χ3n) is 1.97. The second-order valence-corrected chi connectivity index (χ2v) is 2.87. The van der Waals surface area contributed by atoms with Crippen LogP contribution in [-0.2, 0) is 0 Å². The van der Waals surface area contributed by atoms with Gasteiger partial charge in [0.25, 0.3) is 0 Å². The van der Waals surface area contributed by atoms with E-state index in [0.717, 1.165) is 0 Å². The number of rotatable bonds is 0. The topological polar surface area (TPSA) is 93.0 Å². The molecule has 1 fully saturated rings. The Hall–Kier alpha value is -0.200. The minimum absolute atomic E-state index is 0.414. The normalized spacial score (nSPS) is 52.6. The van der Waals surface area contributed by atoms with Crippen LogP contribution in [0, 0.1) is 0 Å². The van der Waals surface area contributed by atoms with E-state index in [2.05, 4.69) is 5.32 Å². The van der Waals surface area contributed by atoms with Gasteiger partial charge in [0.2, 0.25) is 0 Å². The van der Waals surface area contributed by atoms with Crippen molar-refractivity contribution in [2.24, 2.45) is 0 Å². The van der Waals surface area contributed by atoms with E-state index < -0.39 is 30.6 Å². The molecular formula is C6H13NO4. The number of nitrogens with one attached hydrogen (secondary N) is 1. The van der Waals surface area contributed by atoms with Crippen LogP contribution in [0.25, 0.3) is 0 Å². The van der Waals surface area contributed by atoms with Gasteiger partial charge in [0, 0.05) is 6.04 Å². The fourth-order valence-corrected chi connectivity index (χ4v) is 1.15. The lowest BCUT2D eigenvalue weighted by Crippen LogP contribution is -2.63. The quantitative estimate of drug-likeness (QED) is 0.269. The molecule has 0 aromatic carbocycles. The third kappa shape index (κ3) is 1.52. The Morgan fingerprint density at radius 3 is 2.00 bits per heavy atom. The van der Waals surface area contributed by atoms with Crippen LogP contribution in [-0.4, -0.2) is 51.0 Å². The van der Waals surface area contributed by atoms with Gasteiger partial charge in [0.05, 0.1) is 6.10 Å². The summed E-state index contributed by atoms with van der Waals surface area (Å²) in [5.41, 5.74) is 0. The zero-order valence-electron chi connectivity index (χ0n) is 6.18. The van der Waals surface area contributed by atoms with Crippen LogP contribution < -0.4 is 5.32 Å². The number of aliphatic hydroxyl groups excluding tert-OH is 4. The van der Waals surface area contributed by atoms with E-state index in [0.29, 0.717) is 0 Å². The molecule has 0 radical (unpaired) electrons. The van der Waals surface area contributed by atoms with Crippen molar-refractivity contribution in [3.8, 4) is 0 Å². The summed E-state index contributed by atoms with van der Waals surface area (Å²) in [7, 11) is 0. The molecule has 1 saturated heterocycles. The van der Waals surface area contributed by atoms with Gasteiger partial charge in [-0.3, -0.25) is 5.32 Å². The van der Waals surface area contributed by atoms with Crippen molar-refractivity contribution in [1.29, 1.82) is 0 Å². The number of piperidine rings is 1. The van der Waals surface area contributed by atoms with E-state index in [4.69, 9.17) is 20.4 Å². The van der Waals surface area contributed by atoms with E-state index in [1.807, 2.05) is 0 Å². The fourth-order valence-electron chi connectivity index (χ4n) is 1.15. The molecule has 0 amide bonds. The predicted molar refractivity (Wildman–Crippen MR) is 36.6 cm³/mol. The van der Waals surface area contributed by atoms with Crippen molar-refractivity contribution in [2.75, 3.05) is 0 Å². The molecule has 0 aromatic rings. The number of hydrogen-bond acceptors (Lipinski definition) is 5. The molecule has 1 rings (SSSR count). The molecule has 1 heterocycles. The molecule has 5 N–H and O–H groups in total. The zero-order valence-corrected chi connectivity index (χ0v) is 6.18. The SMILES string of the molecule is CC1N[C@H](O)C(O)C(O)[C@@H]1O. The summed E-state index contributed by atoms with van der Waals surface area (Å²) in [6.45, 7) is 1.61. The second-order valence-electron chi connectivity index (χ2n) is 2.87. The standard InChI is InChI=1S/C6H13NO4/c1-2-3(8)4(9)5(10)6(11)7-2/h2-11H,1H3/t2?,3-,4?,5?,6-/m1/s1. The van der Waals surface area contributed by atoms with Gasteiger partial charge in [-0.1, -0.05) is 0 Å². The molecule has 5 nitrogen and oxygen atoms in total. The Labute approximate surface area is 64.3 Å². The summed E-state index contributed by atoms with van der Waals surface area (Å²) in [6.07, 6.45) is -4.79. The molecule has 5 heteroatoms. The maximum absolute atomic E-state index is 9.15. The van der Waals surface area contributed by atoms with Crippen molar-refractivity contribution >= 4 is 0 Å². The molecule has 0 spiro atoms. The molecule has 66 valence electrons. The summed E-state index contributed by atoms with van der Waals surface area (Å²) >= 11 is 0. The highest BCUT2D eigenvalue weighted by atomic mass is 16.4. The monoisotopic (exact) mass is 163 g/mol. The first-order valence-electron chi connectivity index (χ1n) is 3.52. The van der Waals surface area contributed by atoms with Crippen LogP contribution in [0.4, 0.5) is 0 Å². The minimum Gasteiger partial charge on any atom is -0.389 e. The van der Waals surface area contributed by atoms with E-state index in [-0.39, 0.29) is 0 Å². The van der Waals surface area contributed by atoms with Crippen LogP contribution in [0.1, 0.15) is 6.92 Å².